The number of carbonyl (C=O) groups excluding carboxylic acids is 1. The van der Waals surface area contributed by atoms with Gasteiger partial charge in [-0.2, -0.15) is 0 Å². The van der Waals surface area contributed by atoms with Gasteiger partial charge in [0.1, 0.15) is 0 Å². The molecule has 0 bridgehead atoms. The van der Waals surface area contributed by atoms with Crippen LogP contribution >= 0.6 is 22.9 Å². The number of thiophene rings is 1. The number of likely N-dealkylation sites (N-methyl/N-ethyl adjacent to an activating group) is 1. The molecule has 88 valence electrons. The number of hydrogen-bond acceptors (Lipinski definition) is 3. The molecule has 1 aliphatic heterocycles. The first-order valence-electron chi connectivity index (χ1n) is 5.57. The summed E-state index contributed by atoms with van der Waals surface area (Å²) < 4.78 is 1.07. The lowest BCUT2D eigenvalue weighted by Crippen LogP contribution is -2.18. The third kappa shape index (κ3) is 1.69. The highest BCUT2D eigenvalue weighted by molar-refractivity contribution is 7.21. The van der Waals surface area contributed by atoms with Gasteiger partial charge in [-0.1, -0.05) is 17.7 Å². The zero-order valence-corrected chi connectivity index (χ0v) is 11.1. The van der Waals surface area contributed by atoms with Gasteiger partial charge in [0.25, 0.3) is 0 Å². The molecule has 0 saturated carbocycles. The Kier molecular flexibility index (Phi) is 2.69. The maximum Gasteiger partial charge on any atom is 0.160 e. The Balaban J connectivity index is 2.39. The van der Waals surface area contributed by atoms with Crippen LogP contribution in [0.25, 0.3) is 10.1 Å². The first-order valence-corrected chi connectivity index (χ1v) is 6.76. The van der Waals surface area contributed by atoms with Gasteiger partial charge in [0.2, 0.25) is 0 Å². The Bertz CT molecular complexity index is 605. The minimum Gasteiger partial charge on any atom is -0.302 e. The fraction of sp³-hybridized carbons (Fsp3) is 0.308. The summed E-state index contributed by atoms with van der Waals surface area (Å²) >= 11 is 7.74. The summed E-state index contributed by atoms with van der Waals surface area (Å²) in [7, 11) is 2.09. The van der Waals surface area contributed by atoms with Crippen LogP contribution in [0.15, 0.2) is 12.1 Å². The Morgan fingerprint density at radius 3 is 3.06 bits per heavy atom. The molecule has 2 nitrogen and oxygen atoms in total. The van der Waals surface area contributed by atoms with E-state index in [-0.39, 0.29) is 0 Å². The molecule has 0 N–H and O–H groups in total. The van der Waals surface area contributed by atoms with Gasteiger partial charge in [-0.25, -0.2) is 0 Å². The highest BCUT2D eigenvalue weighted by atomic mass is 35.5. The van der Waals surface area contributed by atoms with Crippen molar-refractivity contribution < 1.29 is 4.79 Å². The lowest BCUT2D eigenvalue weighted by atomic mass is 10.0. The predicted molar refractivity (Wildman–Crippen MR) is 72.3 cm³/mol. The van der Waals surface area contributed by atoms with E-state index in [9.17, 15) is 4.79 Å². The van der Waals surface area contributed by atoms with Crippen LogP contribution in [-0.4, -0.2) is 24.8 Å². The Morgan fingerprint density at radius 1 is 1.47 bits per heavy atom. The lowest BCUT2D eigenvalue weighted by molar-refractivity contribution is 0.112. The van der Waals surface area contributed by atoms with Gasteiger partial charge in [0.05, 0.1) is 14.6 Å². The molecule has 1 aromatic heterocycles. The van der Waals surface area contributed by atoms with Crippen LogP contribution in [0.3, 0.4) is 0 Å². The molecule has 1 aromatic carbocycles. The predicted octanol–water partition coefficient (Wildman–Crippen LogP) is 3.36. The largest absolute Gasteiger partial charge is 0.302 e. The van der Waals surface area contributed by atoms with Gasteiger partial charge in [-0.3, -0.25) is 4.79 Å². The SMILES string of the molecule is CN1CCc2ccc(Cl)c3sc(C=O)c(c23)C1. The van der Waals surface area contributed by atoms with Crippen molar-refractivity contribution in [3.05, 3.63) is 33.2 Å². The van der Waals surface area contributed by atoms with Gasteiger partial charge in [-0.15, -0.1) is 11.3 Å². The zero-order valence-electron chi connectivity index (χ0n) is 9.50. The molecule has 2 heterocycles. The summed E-state index contributed by atoms with van der Waals surface area (Å²) in [4.78, 5) is 14.2. The van der Waals surface area contributed by atoms with Crippen LogP contribution in [-0.2, 0) is 13.0 Å². The molecule has 0 fully saturated rings. The Labute approximate surface area is 109 Å². The minimum absolute atomic E-state index is 0.757. The van der Waals surface area contributed by atoms with Gasteiger partial charge in [0, 0.05) is 18.5 Å². The Morgan fingerprint density at radius 2 is 2.29 bits per heavy atom. The fourth-order valence-corrected chi connectivity index (χ4v) is 3.80. The molecule has 2 aromatic rings. The summed E-state index contributed by atoms with van der Waals surface area (Å²) in [5.74, 6) is 0. The van der Waals surface area contributed by atoms with Crippen LogP contribution in [0.1, 0.15) is 20.8 Å². The summed E-state index contributed by atoms with van der Waals surface area (Å²) in [6.07, 6.45) is 1.98. The number of aldehydes is 1. The van der Waals surface area contributed by atoms with E-state index in [1.54, 1.807) is 0 Å². The number of rotatable bonds is 1. The minimum atomic E-state index is 0.757. The van der Waals surface area contributed by atoms with Crippen molar-refractivity contribution in [2.45, 2.75) is 13.0 Å². The van der Waals surface area contributed by atoms with Crippen LogP contribution in [0, 0.1) is 0 Å². The van der Waals surface area contributed by atoms with Crippen LogP contribution in [0.4, 0.5) is 0 Å². The number of halogens is 1. The highest BCUT2D eigenvalue weighted by Crippen LogP contribution is 2.39. The van der Waals surface area contributed by atoms with Gasteiger partial charge < -0.3 is 4.90 Å². The molecule has 0 aliphatic carbocycles. The number of carbonyl (C=O) groups is 1. The zero-order chi connectivity index (χ0) is 12.0. The summed E-state index contributed by atoms with van der Waals surface area (Å²) in [6, 6.07) is 4.04. The van der Waals surface area contributed by atoms with Crippen molar-refractivity contribution in [3.63, 3.8) is 0 Å². The molecular formula is C13H12ClNOS. The van der Waals surface area contributed by atoms with E-state index in [1.165, 1.54) is 22.3 Å². The van der Waals surface area contributed by atoms with Crippen molar-refractivity contribution >= 4 is 39.3 Å². The Hall–Kier alpha value is -0.900. The molecule has 3 rings (SSSR count). The molecule has 0 unspecified atom stereocenters. The lowest BCUT2D eigenvalue weighted by Gasteiger charge is -2.12. The second kappa shape index (κ2) is 4.09. The van der Waals surface area contributed by atoms with E-state index < -0.39 is 0 Å². The topological polar surface area (TPSA) is 20.3 Å². The third-order valence-electron chi connectivity index (χ3n) is 3.31. The average Bonchev–Trinajstić information content (AvgIpc) is 2.59. The quantitative estimate of drug-likeness (QED) is 0.737. The van der Waals surface area contributed by atoms with Crippen molar-refractivity contribution in [1.82, 2.24) is 4.90 Å². The van der Waals surface area contributed by atoms with E-state index in [0.717, 1.165) is 46.0 Å². The molecule has 17 heavy (non-hydrogen) atoms. The smallest absolute Gasteiger partial charge is 0.160 e. The van der Waals surface area contributed by atoms with Crippen LogP contribution < -0.4 is 0 Å². The van der Waals surface area contributed by atoms with Crippen molar-refractivity contribution in [2.24, 2.45) is 0 Å². The van der Waals surface area contributed by atoms with Gasteiger partial charge in [0.15, 0.2) is 6.29 Å². The number of nitrogens with zero attached hydrogens (tertiary/aromatic N) is 1. The fourth-order valence-electron chi connectivity index (χ4n) is 2.44. The molecule has 0 spiro atoms. The standard InChI is InChI=1S/C13H12ClNOS/c1-15-5-4-8-2-3-10(14)13-12(8)9(6-15)11(7-16)17-13/h2-3,7H,4-6H2,1H3. The maximum absolute atomic E-state index is 11.2. The van der Waals surface area contributed by atoms with E-state index in [0.29, 0.717) is 0 Å². The summed E-state index contributed by atoms with van der Waals surface area (Å²) in [5.41, 5.74) is 2.46. The van der Waals surface area contributed by atoms with Crippen molar-refractivity contribution in [3.8, 4) is 0 Å². The van der Waals surface area contributed by atoms with Crippen molar-refractivity contribution in [1.29, 1.82) is 0 Å². The average molecular weight is 266 g/mol. The molecule has 0 atom stereocenters. The molecule has 4 heteroatoms. The van der Waals surface area contributed by atoms with Crippen LogP contribution in [0.5, 0.6) is 0 Å². The molecular weight excluding hydrogens is 254 g/mol. The second-order valence-corrected chi connectivity index (χ2v) is 5.92. The third-order valence-corrected chi connectivity index (χ3v) is 4.92. The van der Waals surface area contributed by atoms with E-state index in [1.807, 2.05) is 6.07 Å². The van der Waals surface area contributed by atoms with Gasteiger partial charge >= 0.3 is 0 Å². The second-order valence-electron chi connectivity index (χ2n) is 4.46. The molecule has 0 saturated heterocycles. The monoisotopic (exact) mass is 265 g/mol. The first kappa shape index (κ1) is 11.2. The maximum atomic E-state index is 11.2. The first-order chi connectivity index (χ1) is 8.20. The summed E-state index contributed by atoms with van der Waals surface area (Å²) in [5, 5.41) is 1.97. The molecule has 1 aliphatic rings. The number of benzene rings is 1. The van der Waals surface area contributed by atoms with E-state index in [4.69, 9.17) is 11.6 Å². The van der Waals surface area contributed by atoms with Crippen molar-refractivity contribution in [2.75, 3.05) is 13.6 Å². The molecule has 0 amide bonds. The van der Waals surface area contributed by atoms with Gasteiger partial charge in [-0.05, 0) is 30.7 Å². The molecule has 0 radical (unpaired) electrons. The van der Waals surface area contributed by atoms with Crippen LogP contribution in [0.2, 0.25) is 5.02 Å². The number of hydrogen-bond donors (Lipinski definition) is 0. The highest BCUT2D eigenvalue weighted by Gasteiger charge is 2.21. The normalized spacial score (nSPS) is 16.1. The van der Waals surface area contributed by atoms with E-state index in [2.05, 4.69) is 18.0 Å². The summed E-state index contributed by atoms with van der Waals surface area (Å²) in [6.45, 7) is 1.86. The van der Waals surface area contributed by atoms with E-state index >= 15 is 0 Å².